The molecule has 3 aromatic rings. The molecule has 1 fully saturated rings. The molecule has 1 unspecified atom stereocenters. The van der Waals surface area contributed by atoms with E-state index >= 15 is 0 Å². The normalized spacial score (nSPS) is 18.7. The SMILES string of the molecule is CCON=C(C(=O)NC1C(=O)N2C(C(=O)O)=C(CSc3ccc4nn(CC(=O)O)c(=O)n4n3)CS[C@@H]12)c1ccco1. The number of hydrogen-bond donors (Lipinski definition) is 3. The van der Waals surface area contributed by atoms with Crippen molar-refractivity contribution < 1.29 is 38.6 Å². The smallest absolute Gasteiger partial charge is 0.367 e. The number of carboxylic acids is 2. The van der Waals surface area contributed by atoms with Crippen molar-refractivity contribution in [1.82, 2.24) is 29.6 Å². The van der Waals surface area contributed by atoms with Gasteiger partial charge in [-0.2, -0.15) is 14.3 Å². The van der Waals surface area contributed by atoms with Crippen LogP contribution in [0.15, 0.2) is 61.2 Å². The van der Waals surface area contributed by atoms with Gasteiger partial charge in [0.05, 0.1) is 6.26 Å². The van der Waals surface area contributed by atoms with Gasteiger partial charge in [-0.25, -0.2) is 9.59 Å². The fourth-order valence-electron chi connectivity index (χ4n) is 4.11. The number of amides is 2. The molecule has 5 heterocycles. The molecule has 0 bridgehead atoms. The van der Waals surface area contributed by atoms with E-state index in [4.69, 9.17) is 14.4 Å². The van der Waals surface area contributed by atoms with Gasteiger partial charge in [-0.3, -0.25) is 19.3 Å². The maximum absolute atomic E-state index is 13.0. The number of thioether (sulfide) groups is 2. The quantitative estimate of drug-likeness (QED) is 0.113. The summed E-state index contributed by atoms with van der Waals surface area (Å²) in [7, 11) is 0. The van der Waals surface area contributed by atoms with E-state index in [-0.39, 0.29) is 40.9 Å². The number of furan rings is 1. The van der Waals surface area contributed by atoms with E-state index in [1.807, 2.05) is 0 Å². The molecule has 3 N–H and O–H groups in total. The van der Waals surface area contributed by atoms with Gasteiger partial charge in [0.1, 0.15) is 35.3 Å². The number of carbonyl (C=O) groups excluding carboxylic acids is 2. The highest BCUT2D eigenvalue weighted by Crippen LogP contribution is 2.41. The molecule has 2 aliphatic rings. The van der Waals surface area contributed by atoms with Crippen LogP contribution >= 0.6 is 23.5 Å². The summed E-state index contributed by atoms with van der Waals surface area (Å²) in [5.74, 6) is -3.29. The molecule has 0 aliphatic carbocycles. The third-order valence-electron chi connectivity index (χ3n) is 5.89. The van der Waals surface area contributed by atoms with E-state index in [2.05, 4.69) is 20.7 Å². The minimum atomic E-state index is -1.30. The fraction of sp³-hybridized carbons (Fsp3) is 0.304. The van der Waals surface area contributed by atoms with Crippen LogP contribution in [-0.4, -0.2) is 93.5 Å². The zero-order chi connectivity index (χ0) is 29.3. The monoisotopic (exact) mass is 603 g/mol. The third-order valence-corrected chi connectivity index (χ3v) is 8.23. The first-order valence-corrected chi connectivity index (χ1v) is 14.0. The van der Waals surface area contributed by atoms with Gasteiger partial charge in [0.25, 0.3) is 11.8 Å². The highest BCUT2D eigenvalue weighted by atomic mass is 32.2. The minimum absolute atomic E-state index is 0.141. The summed E-state index contributed by atoms with van der Waals surface area (Å²) in [6.07, 6.45) is 1.36. The molecule has 2 aliphatic heterocycles. The van der Waals surface area contributed by atoms with Crippen LogP contribution in [0.3, 0.4) is 0 Å². The lowest BCUT2D eigenvalue weighted by Crippen LogP contribution is -2.71. The van der Waals surface area contributed by atoms with Crippen LogP contribution in [0, 0.1) is 0 Å². The zero-order valence-electron chi connectivity index (χ0n) is 21.1. The van der Waals surface area contributed by atoms with Gasteiger partial charge in [0.15, 0.2) is 11.4 Å². The van der Waals surface area contributed by atoms with Crippen LogP contribution in [0.4, 0.5) is 0 Å². The van der Waals surface area contributed by atoms with E-state index in [0.29, 0.717) is 10.6 Å². The molecule has 214 valence electrons. The van der Waals surface area contributed by atoms with Gasteiger partial charge in [0.2, 0.25) is 5.71 Å². The maximum Gasteiger partial charge on any atom is 0.367 e. The van der Waals surface area contributed by atoms with Crippen LogP contribution in [0.5, 0.6) is 0 Å². The molecular weight excluding hydrogens is 582 g/mol. The lowest BCUT2D eigenvalue weighted by Gasteiger charge is -2.49. The Morgan fingerprint density at radius 2 is 2.05 bits per heavy atom. The number of aromatic nitrogens is 4. The third kappa shape index (κ3) is 5.42. The highest BCUT2D eigenvalue weighted by molar-refractivity contribution is 8.01. The minimum Gasteiger partial charge on any atom is -0.480 e. The van der Waals surface area contributed by atoms with Crippen molar-refractivity contribution in [1.29, 1.82) is 0 Å². The molecule has 0 aromatic carbocycles. The van der Waals surface area contributed by atoms with E-state index in [1.54, 1.807) is 19.1 Å². The second kappa shape index (κ2) is 11.5. The summed E-state index contributed by atoms with van der Waals surface area (Å²) in [6, 6.07) is 5.15. The lowest BCUT2D eigenvalue weighted by molar-refractivity contribution is -0.150. The maximum atomic E-state index is 13.0. The van der Waals surface area contributed by atoms with Gasteiger partial charge < -0.3 is 24.8 Å². The van der Waals surface area contributed by atoms with Crippen LogP contribution < -0.4 is 11.0 Å². The number of nitrogens with one attached hydrogen (secondary N) is 1. The Hall–Kier alpha value is -4.58. The summed E-state index contributed by atoms with van der Waals surface area (Å²) in [5.41, 5.74) is -0.465. The van der Waals surface area contributed by atoms with E-state index < -0.39 is 47.4 Å². The van der Waals surface area contributed by atoms with Gasteiger partial charge in [-0.15, -0.1) is 28.6 Å². The Morgan fingerprint density at radius 1 is 1.24 bits per heavy atom. The Bertz CT molecular complexity index is 1660. The van der Waals surface area contributed by atoms with Crippen molar-refractivity contribution in [2.45, 2.75) is 29.9 Å². The molecule has 5 rings (SSSR count). The fourth-order valence-corrected chi connectivity index (χ4v) is 6.45. The molecular formula is C23H21N7O9S2. The van der Waals surface area contributed by atoms with Crippen LogP contribution in [0.1, 0.15) is 12.7 Å². The molecule has 41 heavy (non-hydrogen) atoms. The molecule has 0 spiro atoms. The first kappa shape index (κ1) is 28.0. The number of oxime groups is 1. The summed E-state index contributed by atoms with van der Waals surface area (Å²) in [6.45, 7) is 1.27. The van der Waals surface area contributed by atoms with Gasteiger partial charge in [0, 0.05) is 11.5 Å². The average molecular weight is 604 g/mol. The van der Waals surface area contributed by atoms with E-state index in [9.17, 15) is 29.1 Å². The number of aliphatic carboxylic acids is 2. The van der Waals surface area contributed by atoms with Gasteiger partial charge >= 0.3 is 17.6 Å². The van der Waals surface area contributed by atoms with Crippen molar-refractivity contribution in [3.05, 3.63) is 58.0 Å². The first-order chi connectivity index (χ1) is 19.7. The second-order valence-corrected chi connectivity index (χ2v) is 10.6. The topological polar surface area (TPSA) is 211 Å². The Labute approximate surface area is 238 Å². The zero-order valence-corrected chi connectivity index (χ0v) is 22.8. The van der Waals surface area contributed by atoms with Crippen molar-refractivity contribution in [2.24, 2.45) is 5.16 Å². The van der Waals surface area contributed by atoms with Gasteiger partial charge in [-0.1, -0.05) is 5.16 Å². The van der Waals surface area contributed by atoms with Gasteiger partial charge in [-0.05, 0) is 36.8 Å². The number of β-lactam (4-membered cyclic amide) rings is 1. The molecule has 2 amide bonds. The highest BCUT2D eigenvalue weighted by Gasteiger charge is 2.54. The number of rotatable bonds is 11. The molecule has 2 atom stereocenters. The number of carbonyl (C=O) groups is 4. The summed E-state index contributed by atoms with van der Waals surface area (Å²) >= 11 is 2.43. The Kier molecular flexibility index (Phi) is 7.84. The summed E-state index contributed by atoms with van der Waals surface area (Å²) < 4.78 is 6.97. The number of carboxylic acid groups (broad SMARTS) is 2. The first-order valence-electron chi connectivity index (χ1n) is 12.0. The van der Waals surface area contributed by atoms with Crippen molar-refractivity contribution in [2.75, 3.05) is 18.1 Å². The summed E-state index contributed by atoms with van der Waals surface area (Å²) in [4.78, 5) is 67.7. The predicted molar refractivity (Wildman–Crippen MR) is 142 cm³/mol. The Morgan fingerprint density at radius 3 is 2.73 bits per heavy atom. The average Bonchev–Trinajstić information content (AvgIpc) is 3.58. The van der Waals surface area contributed by atoms with Crippen molar-refractivity contribution in [3.8, 4) is 0 Å². The largest absolute Gasteiger partial charge is 0.480 e. The van der Waals surface area contributed by atoms with Crippen LogP contribution in [0.25, 0.3) is 5.65 Å². The molecule has 3 aromatic heterocycles. The molecule has 1 saturated heterocycles. The lowest BCUT2D eigenvalue weighted by atomic mass is 10.0. The summed E-state index contributed by atoms with van der Waals surface area (Å²) in [5, 5.41) is 33.1. The molecule has 0 saturated carbocycles. The van der Waals surface area contributed by atoms with Crippen molar-refractivity contribution >= 4 is 58.6 Å². The van der Waals surface area contributed by atoms with E-state index in [1.165, 1.54) is 30.2 Å². The van der Waals surface area contributed by atoms with E-state index in [0.717, 1.165) is 25.9 Å². The molecule has 16 nitrogen and oxygen atoms in total. The Balaban J connectivity index is 1.31. The standard InChI is InChI=1S/C23H21N7O9S2/c1-2-39-27-16(12-4-3-7-38-12)19(33)24-17-20(34)29-18(22(35)36)11(10-41-21(17)29)9-40-14-6-5-13-25-28(8-15(31)32)23(37)30(13)26-14/h3-7,17,21H,2,8-10H2,1H3,(H,24,33)(H,31,32)(H,35,36)/t17?,21-/m0/s1. The predicted octanol–water partition coefficient (Wildman–Crippen LogP) is -0.160. The number of hydrogen-bond acceptors (Lipinski definition) is 12. The number of nitrogens with zero attached hydrogens (tertiary/aromatic N) is 6. The van der Waals surface area contributed by atoms with Crippen molar-refractivity contribution in [3.63, 3.8) is 0 Å². The van der Waals surface area contributed by atoms with Crippen LogP contribution in [-0.2, 0) is 30.6 Å². The van der Waals surface area contributed by atoms with Crippen LogP contribution in [0.2, 0.25) is 0 Å². The molecule has 18 heteroatoms. The number of fused-ring (bicyclic) bond motifs is 2. The molecule has 0 radical (unpaired) electrons. The second-order valence-electron chi connectivity index (χ2n) is 8.52.